The number of rotatable bonds is 4. The number of hydrogen-bond donors (Lipinski definition) is 3. The predicted molar refractivity (Wildman–Crippen MR) is 161 cm³/mol. The molecule has 216 valence electrons. The third-order valence-electron chi connectivity index (χ3n) is 6.56. The van der Waals surface area contributed by atoms with Crippen molar-refractivity contribution in [2.45, 2.75) is 20.0 Å². The molecule has 42 heavy (non-hydrogen) atoms. The van der Waals surface area contributed by atoms with Gasteiger partial charge in [-0.1, -0.05) is 62.4 Å². The monoisotopic (exact) mass is 567 g/mol. The van der Waals surface area contributed by atoms with E-state index in [2.05, 4.69) is 41.7 Å². The van der Waals surface area contributed by atoms with Gasteiger partial charge in [0, 0.05) is 24.2 Å². The predicted octanol–water partition coefficient (Wildman–Crippen LogP) is 3.87. The van der Waals surface area contributed by atoms with Crippen molar-refractivity contribution in [1.29, 1.82) is 0 Å². The number of aromatic amines is 1. The zero-order valence-electron chi connectivity index (χ0n) is 23.5. The zero-order chi connectivity index (χ0) is 29.3. The van der Waals surface area contributed by atoms with Gasteiger partial charge in [-0.3, -0.25) is 9.79 Å². The van der Waals surface area contributed by atoms with E-state index in [1.54, 1.807) is 11.0 Å². The first-order chi connectivity index (χ1) is 20.7. The quantitative estimate of drug-likeness (QED) is 0.296. The molecule has 1 fully saturated rings. The number of hydrogen-bond acceptors (Lipinski definition) is 9. The van der Waals surface area contributed by atoms with Gasteiger partial charge in [-0.2, -0.15) is 5.10 Å². The Morgan fingerprint density at radius 1 is 0.952 bits per heavy atom. The molecular weight excluding hydrogens is 534 g/mol. The molecule has 3 aromatic carbocycles. The second kappa shape index (κ2) is 13.5. The molecule has 0 bridgehead atoms. The van der Waals surface area contributed by atoms with Crippen molar-refractivity contribution < 1.29 is 14.1 Å². The molecule has 1 atom stereocenters. The van der Waals surface area contributed by atoms with Gasteiger partial charge < -0.3 is 25.2 Å². The number of fused-ring (bicyclic) bond motifs is 1. The molecule has 0 radical (unpaired) electrons. The zero-order valence-corrected chi connectivity index (χ0v) is 23.5. The Morgan fingerprint density at radius 3 is 2.38 bits per heavy atom. The van der Waals surface area contributed by atoms with Crippen LogP contribution in [-0.2, 0) is 9.53 Å². The van der Waals surface area contributed by atoms with Crippen LogP contribution in [0.3, 0.4) is 0 Å². The number of carbonyl (C=O) groups is 1. The fourth-order valence-electron chi connectivity index (χ4n) is 4.56. The van der Waals surface area contributed by atoms with Crippen LogP contribution in [-0.4, -0.2) is 69.2 Å². The van der Waals surface area contributed by atoms with E-state index in [0.29, 0.717) is 5.89 Å². The van der Waals surface area contributed by atoms with Gasteiger partial charge in [0.2, 0.25) is 0 Å². The van der Waals surface area contributed by atoms with Crippen LogP contribution in [0.25, 0.3) is 17.1 Å². The Balaban J connectivity index is 0.000000160. The maximum absolute atomic E-state index is 11.8. The minimum absolute atomic E-state index is 0.293. The van der Waals surface area contributed by atoms with Crippen LogP contribution < -0.4 is 16.0 Å². The van der Waals surface area contributed by atoms with E-state index in [9.17, 15) is 4.79 Å². The first-order valence-electron chi connectivity index (χ1n) is 13.8. The van der Waals surface area contributed by atoms with Gasteiger partial charge in [0.1, 0.15) is 12.7 Å². The number of ether oxygens (including phenoxy) is 1. The molecule has 1 amide bonds. The van der Waals surface area contributed by atoms with Crippen LogP contribution >= 0.6 is 0 Å². The van der Waals surface area contributed by atoms with Crippen LogP contribution in [0.15, 0.2) is 95.0 Å². The molecule has 12 nitrogen and oxygen atoms in total. The Hall–Kier alpha value is -5.07. The summed E-state index contributed by atoms with van der Waals surface area (Å²) in [6, 6.07) is 23.3. The summed E-state index contributed by atoms with van der Waals surface area (Å²) in [6.45, 7) is 7.13. The number of benzodiazepines with no additional fused rings is 1. The third kappa shape index (κ3) is 6.29. The van der Waals surface area contributed by atoms with Crippen molar-refractivity contribution in [1.82, 2.24) is 25.1 Å². The standard InChI is InChI=1S/C15H13N3O.C13H14N6O2.C2H6/c16-14-15(19)17-12-9-5-4-8-11(12)13(18-14)10-6-2-1-3-7-10;1-2-11(13-16-17-21-13)12(18-3-5-20-6-4-18)7-10(1)19-9-14-8-15-19;1-2/h1-9,14H,16H2,(H,17,19);1-2,7-9,17H,3-6H2;1-2H3. The number of nitrogens with one attached hydrogen (secondary N) is 2. The second-order valence-corrected chi connectivity index (χ2v) is 9.07. The Morgan fingerprint density at radius 2 is 1.69 bits per heavy atom. The summed E-state index contributed by atoms with van der Waals surface area (Å²) in [5.74, 6) is 0.306. The van der Waals surface area contributed by atoms with Gasteiger partial charge in [-0.15, -0.1) is 10.4 Å². The fraction of sp³-hybridized carbons (Fsp3) is 0.233. The molecule has 1 unspecified atom stereocenters. The van der Waals surface area contributed by atoms with Gasteiger partial charge in [-0.25, -0.2) is 9.67 Å². The lowest BCUT2D eigenvalue weighted by Gasteiger charge is -2.30. The molecule has 7 rings (SSSR count). The molecule has 0 aliphatic carbocycles. The van der Waals surface area contributed by atoms with Crippen molar-refractivity contribution in [2.24, 2.45) is 10.7 Å². The topological polar surface area (TPSA) is 152 Å². The van der Waals surface area contributed by atoms with Gasteiger partial charge in [0.15, 0.2) is 6.17 Å². The van der Waals surface area contributed by atoms with Crippen molar-refractivity contribution in [3.05, 3.63) is 96.6 Å². The lowest BCUT2D eigenvalue weighted by molar-refractivity contribution is -0.117. The van der Waals surface area contributed by atoms with E-state index in [-0.39, 0.29) is 5.91 Å². The SMILES string of the molecule is CC.NC1N=C(c2ccccc2)c2ccccc2NC1=O.c1ncn(-c2ccc(-c3n[nH]o3)c(N3CCOCC3)c2)n1. The first-order valence-corrected chi connectivity index (χ1v) is 13.8. The first kappa shape index (κ1) is 28.5. The number of morpholine rings is 1. The van der Waals surface area contributed by atoms with E-state index < -0.39 is 6.17 Å². The number of nitrogens with two attached hydrogens (primary N) is 1. The van der Waals surface area contributed by atoms with Crippen LogP contribution in [0.5, 0.6) is 0 Å². The number of benzene rings is 3. The maximum atomic E-state index is 11.8. The fourth-order valence-corrected chi connectivity index (χ4v) is 4.56. The highest BCUT2D eigenvalue weighted by Gasteiger charge is 2.23. The molecule has 4 heterocycles. The van der Waals surface area contributed by atoms with E-state index in [0.717, 1.165) is 65.8 Å². The lowest BCUT2D eigenvalue weighted by Crippen LogP contribution is -2.36. The molecule has 5 aromatic rings. The highest BCUT2D eigenvalue weighted by atomic mass is 16.5. The number of anilines is 2. The molecule has 0 saturated carbocycles. The van der Waals surface area contributed by atoms with E-state index in [4.69, 9.17) is 15.0 Å². The Bertz CT molecular complexity index is 1590. The highest BCUT2D eigenvalue weighted by Crippen LogP contribution is 2.32. The molecule has 4 N–H and O–H groups in total. The summed E-state index contributed by atoms with van der Waals surface area (Å²) in [5, 5.41) is 13.5. The van der Waals surface area contributed by atoms with Gasteiger partial charge in [0.25, 0.3) is 11.8 Å². The number of aromatic nitrogens is 5. The number of para-hydroxylation sites is 1. The van der Waals surface area contributed by atoms with Crippen molar-refractivity contribution in [2.75, 3.05) is 36.5 Å². The van der Waals surface area contributed by atoms with Gasteiger partial charge in [0.05, 0.1) is 41.6 Å². The third-order valence-corrected chi connectivity index (χ3v) is 6.56. The summed E-state index contributed by atoms with van der Waals surface area (Å²) in [7, 11) is 0. The number of nitrogens with zero attached hydrogens (tertiary/aromatic N) is 6. The Labute approximate surface area is 243 Å². The summed E-state index contributed by atoms with van der Waals surface area (Å²) in [6.07, 6.45) is 2.31. The summed E-state index contributed by atoms with van der Waals surface area (Å²) >= 11 is 0. The van der Waals surface area contributed by atoms with Gasteiger partial charge in [-0.05, 0) is 24.3 Å². The molecule has 2 aromatic heterocycles. The lowest BCUT2D eigenvalue weighted by atomic mass is 10.0. The molecule has 2 aliphatic rings. The van der Waals surface area contributed by atoms with Crippen LogP contribution in [0.4, 0.5) is 11.4 Å². The number of aliphatic imine (C=N–C) groups is 1. The van der Waals surface area contributed by atoms with Crippen molar-refractivity contribution >= 4 is 23.0 Å². The molecule has 0 spiro atoms. The Kier molecular flexibility index (Phi) is 9.17. The minimum atomic E-state index is -0.886. The number of H-pyrrole nitrogens is 1. The maximum Gasteiger partial charge on any atom is 0.276 e. The average molecular weight is 568 g/mol. The van der Waals surface area contributed by atoms with Crippen molar-refractivity contribution in [3.8, 4) is 17.1 Å². The largest absolute Gasteiger partial charge is 0.378 e. The van der Waals surface area contributed by atoms with Crippen molar-refractivity contribution in [3.63, 3.8) is 0 Å². The van der Waals surface area contributed by atoms with Crippen LogP contribution in [0, 0.1) is 0 Å². The number of carbonyl (C=O) groups excluding carboxylic acids is 1. The van der Waals surface area contributed by atoms with Gasteiger partial charge >= 0.3 is 0 Å². The summed E-state index contributed by atoms with van der Waals surface area (Å²) in [4.78, 5) is 22.4. The average Bonchev–Trinajstić information content (AvgIpc) is 3.53. The van der Waals surface area contributed by atoms with Crippen LogP contribution in [0.1, 0.15) is 25.0 Å². The second-order valence-electron chi connectivity index (χ2n) is 9.07. The normalized spacial score (nSPS) is 16.1. The molecule has 2 aliphatic heterocycles. The molecule has 12 heteroatoms. The molecular formula is C30H33N9O3. The van der Waals surface area contributed by atoms with E-state index in [1.165, 1.54) is 6.33 Å². The van der Waals surface area contributed by atoms with Crippen LogP contribution in [0.2, 0.25) is 0 Å². The smallest absolute Gasteiger partial charge is 0.276 e. The molecule has 1 saturated heterocycles. The summed E-state index contributed by atoms with van der Waals surface area (Å²) < 4.78 is 12.3. The number of amides is 1. The van der Waals surface area contributed by atoms with E-state index in [1.807, 2.05) is 80.6 Å². The minimum Gasteiger partial charge on any atom is -0.378 e. The van der Waals surface area contributed by atoms with E-state index >= 15 is 0 Å². The highest BCUT2D eigenvalue weighted by molar-refractivity contribution is 6.19. The summed E-state index contributed by atoms with van der Waals surface area (Å²) in [5.41, 5.74) is 12.1.